The third kappa shape index (κ3) is 3.27. The van der Waals surface area contributed by atoms with Crippen LogP contribution >= 0.6 is 11.6 Å². The van der Waals surface area contributed by atoms with Gasteiger partial charge in [-0.2, -0.15) is 0 Å². The van der Waals surface area contributed by atoms with Gasteiger partial charge in [0.25, 0.3) is 0 Å². The Hall–Kier alpha value is -1.26. The highest BCUT2D eigenvalue weighted by atomic mass is 35.5. The average Bonchev–Trinajstić information content (AvgIpc) is 3.39. The van der Waals surface area contributed by atoms with Crippen molar-refractivity contribution >= 4 is 17.5 Å². The summed E-state index contributed by atoms with van der Waals surface area (Å²) in [6, 6.07) is 6.37. The number of ether oxygens (including phenoxy) is 1. The number of nitrogens with zero attached hydrogens (tertiary/aromatic N) is 2. The molecule has 1 aromatic rings. The molecule has 3 heterocycles. The van der Waals surface area contributed by atoms with E-state index in [-0.39, 0.29) is 5.92 Å². The van der Waals surface area contributed by atoms with E-state index >= 15 is 0 Å². The van der Waals surface area contributed by atoms with Gasteiger partial charge >= 0.3 is 0 Å². The van der Waals surface area contributed by atoms with Gasteiger partial charge < -0.3 is 9.64 Å². The second-order valence-corrected chi connectivity index (χ2v) is 7.93. The van der Waals surface area contributed by atoms with E-state index < -0.39 is 0 Å². The lowest BCUT2D eigenvalue weighted by Crippen LogP contribution is -2.48. The van der Waals surface area contributed by atoms with Crippen molar-refractivity contribution in [2.75, 3.05) is 26.7 Å². The molecule has 2 bridgehead atoms. The third-order valence-corrected chi connectivity index (χ3v) is 5.94. The highest BCUT2D eigenvalue weighted by Crippen LogP contribution is 2.36. The van der Waals surface area contributed by atoms with Crippen LogP contribution in [0.2, 0.25) is 5.02 Å². The van der Waals surface area contributed by atoms with Gasteiger partial charge in [-0.15, -0.1) is 0 Å². The first kappa shape index (κ1) is 16.2. The molecular formula is C19H25ClN2O2. The van der Waals surface area contributed by atoms with Crippen LogP contribution in [0.15, 0.2) is 18.2 Å². The average molecular weight is 349 g/mol. The van der Waals surface area contributed by atoms with E-state index in [1.807, 2.05) is 12.1 Å². The Bertz CT molecular complexity index is 632. The predicted octanol–water partition coefficient (Wildman–Crippen LogP) is 3.18. The SMILES string of the molecule is COc1ccc(CN2C[C@H]3CC[C@@H](C2)N(CC2CC2)C3=O)cc1Cl. The zero-order valence-electron chi connectivity index (χ0n) is 14.2. The molecule has 2 atom stereocenters. The Morgan fingerprint density at radius 2 is 2.04 bits per heavy atom. The molecule has 5 rings (SSSR count). The van der Waals surface area contributed by atoms with Crippen molar-refractivity contribution in [1.29, 1.82) is 0 Å². The van der Waals surface area contributed by atoms with E-state index in [1.54, 1.807) is 7.11 Å². The van der Waals surface area contributed by atoms with E-state index in [2.05, 4.69) is 15.9 Å². The quantitative estimate of drug-likeness (QED) is 0.819. The molecule has 0 unspecified atom stereocenters. The normalized spacial score (nSPS) is 27.4. The Labute approximate surface area is 148 Å². The molecule has 24 heavy (non-hydrogen) atoms. The Morgan fingerprint density at radius 3 is 2.75 bits per heavy atom. The van der Waals surface area contributed by atoms with Crippen molar-refractivity contribution in [1.82, 2.24) is 9.80 Å². The number of rotatable bonds is 5. The molecule has 0 radical (unpaired) electrons. The van der Waals surface area contributed by atoms with Gasteiger partial charge in [-0.1, -0.05) is 17.7 Å². The number of carbonyl (C=O) groups excluding carboxylic acids is 1. The smallest absolute Gasteiger partial charge is 0.227 e. The lowest BCUT2D eigenvalue weighted by molar-refractivity contribution is -0.140. The van der Waals surface area contributed by atoms with E-state index in [0.29, 0.717) is 22.7 Å². The maximum absolute atomic E-state index is 12.8. The second kappa shape index (κ2) is 6.57. The number of methoxy groups -OCH3 is 1. The number of halogens is 1. The van der Waals surface area contributed by atoms with Crippen molar-refractivity contribution in [3.05, 3.63) is 28.8 Å². The van der Waals surface area contributed by atoms with Gasteiger partial charge in [-0.25, -0.2) is 0 Å². The van der Waals surface area contributed by atoms with Gasteiger partial charge in [0, 0.05) is 32.2 Å². The van der Waals surface area contributed by atoms with E-state index in [4.69, 9.17) is 16.3 Å². The van der Waals surface area contributed by atoms with Gasteiger partial charge in [0.2, 0.25) is 5.91 Å². The van der Waals surface area contributed by atoms with Crippen LogP contribution in [-0.4, -0.2) is 48.5 Å². The summed E-state index contributed by atoms with van der Waals surface area (Å²) in [5.41, 5.74) is 1.18. The summed E-state index contributed by atoms with van der Waals surface area (Å²) < 4.78 is 5.23. The predicted molar refractivity (Wildman–Crippen MR) is 94.2 cm³/mol. The van der Waals surface area contributed by atoms with Crippen LogP contribution in [0.3, 0.4) is 0 Å². The first-order chi connectivity index (χ1) is 11.6. The second-order valence-electron chi connectivity index (χ2n) is 7.53. The minimum Gasteiger partial charge on any atom is -0.495 e. The number of piperidine rings is 1. The highest BCUT2D eigenvalue weighted by Gasteiger charge is 2.42. The Balaban J connectivity index is 1.47. The van der Waals surface area contributed by atoms with Gasteiger partial charge in [0.1, 0.15) is 5.75 Å². The lowest BCUT2D eigenvalue weighted by Gasteiger charge is -2.36. The number of amides is 1. The number of benzene rings is 1. The zero-order chi connectivity index (χ0) is 16.7. The molecule has 130 valence electrons. The largest absolute Gasteiger partial charge is 0.495 e. The number of carbonyl (C=O) groups is 1. The molecule has 1 amide bonds. The molecule has 0 N–H and O–H groups in total. The van der Waals surface area contributed by atoms with Crippen molar-refractivity contribution < 1.29 is 9.53 Å². The molecule has 1 aromatic carbocycles. The Kier molecular flexibility index (Phi) is 4.44. The van der Waals surface area contributed by atoms with Crippen LogP contribution in [-0.2, 0) is 11.3 Å². The van der Waals surface area contributed by atoms with Gasteiger partial charge in [-0.3, -0.25) is 9.69 Å². The van der Waals surface area contributed by atoms with E-state index in [1.165, 1.54) is 18.4 Å². The summed E-state index contributed by atoms with van der Waals surface area (Å²) in [6.07, 6.45) is 4.80. The number of fused-ring (bicyclic) bond motifs is 4. The first-order valence-corrected chi connectivity index (χ1v) is 9.37. The molecule has 0 spiro atoms. The standard InChI is InChI=1S/C19H25ClN2O2/c1-24-18-7-4-14(8-17(18)20)9-21-11-15-5-6-16(12-21)22(19(15)23)10-13-2-3-13/h4,7-8,13,15-16H,2-3,5-6,9-12H2,1H3/t15-,16+/m1/s1. The summed E-state index contributed by atoms with van der Waals surface area (Å²) in [4.78, 5) is 17.4. The van der Waals surface area contributed by atoms with Gasteiger partial charge in [0.15, 0.2) is 0 Å². The number of hydrogen-bond donors (Lipinski definition) is 0. The minimum atomic E-state index is 0.177. The molecule has 1 aliphatic carbocycles. The van der Waals surface area contributed by atoms with E-state index in [0.717, 1.165) is 44.9 Å². The fourth-order valence-corrected chi connectivity index (χ4v) is 4.42. The summed E-state index contributed by atoms with van der Waals surface area (Å²) in [7, 11) is 1.63. The van der Waals surface area contributed by atoms with Crippen LogP contribution < -0.4 is 4.74 Å². The van der Waals surface area contributed by atoms with Crippen molar-refractivity contribution in [2.24, 2.45) is 11.8 Å². The van der Waals surface area contributed by atoms with Crippen molar-refractivity contribution in [3.8, 4) is 5.75 Å². The molecule has 5 heteroatoms. The molecule has 4 aliphatic rings. The highest BCUT2D eigenvalue weighted by molar-refractivity contribution is 6.32. The van der Waals surface area contributed by atoms with Crippen LogP contribution in [0.4, 0.5) is 0 Å². The third-order valence-electron chi connectivity index (χ3n) is 5.64. The van der Waals surface area contributed by atoms with Crippen LogP contribution in [0, 0.1) is 11.8 Å². The van der Waals surface area contributed by atoms with Crippen molar-refractivity contribution in [2.45, 2.75) is 38.3 Å². The van der Waals surface area contributed by atoms with Crippen molar-refractivity contribution in [3.63, 3.8) is 0 Å². The molecular weight excluding hydrogens is 324 g/mol. The number of hydrogen-bond acceptors (Lipinski definition) is 3. The topological polar surface area (TPSA) is 32.8 Å². The fraction of sp³-hybridized carbons (Fsp3) is 0.632. The van der Waals surface area contributed by atoms with Crippen LogP contribution in [0.5, 0.6) is 5.75 Å². The summed E-state index contributed by atoms with van der Waals surface area (Å²) in [5.74, 6) is 2.05. The summed E-state index contributed by atoms with van der Waals surface area (Å²) >= 11 is 6.25. The first-order valence-electron chi connectivity index (χ1n) is 8.99. The maximum atomic E-state index is 12.8. The summed E-state index contributed by atoms with van der Waals surface area (Å²) in [5, 5.41) is 0.652. The molecule has 0 aromatic heterocycles. The molecule has 3 aliphatic heterocycles. The molecule has 4 fully saturated rings. The van der Waals surface area contributed by atoms with Crippen LogP contribution in [0.25, 0.3) is 0 Å². The van der Waals surface area contributed by atoms with E-state index in [9.17, 15) is 4.79 Å². The molecule has 3 saturated heterocycles. The minimum absolute atomic E-state index is 0.177. The van der Waals surface area contributed by atoms with Gasteiger partial charge in [-0.05, 0) is 49.3 Å². The summed E-state index contributed by atoms with van der Waals surface area (Å²) in [6.45, 7) is 3.70. The van der Waals surface area contributed by atoms with Gasteiger partial charge in [0.05, 0.1) is 18.1 Å². The maximum Gasteiger partial charge on any atom is 0.227 e. The van der Waals surface area contributed by atoms with Crippen LogP contribution in [0.1, 0.15) is 31.2 Å². The lowest BCUT2D eigenvalue weighted by atomic mass is 9.94. The molecule has 4 nitrogen and oxygen atoms in total. The fourth-order valence-electron chi connectivity index (χ4n) is 4.14. The Morgan fingerprint density at radius 1 is 1.21 bits per heavy atom. The molecule has 1 saturated carbocycles. The monoisotopic (exact) mass is 348 g/mol. The zero-order valence-corrected chi connectivity index (χ0v) is 15.0.